The van der Waals surface area contributed by atoms with Gasteiger partial charge in [0.1, 0.15) is 0 Å². The standard InChI is InChI=1S/C8H17.Al/c1-4-6-7-8(3)5-2;/h8H,3-7H2,1-2H3;/q;+2. The number of rotatable bonds is 5. The molecule has 0 aliphatic carbocycles. The van der Waals surface area contributed by atoms with Gasteiger partial charge >= 0.3 is 67.0 Å². The Bertz CT molecular complexity index is 48.5. The summed E-state index contributed by atoms with van der Waals surface area (Å²) in [5.74, 6) is 0.968. The second kappa shape index (κ2) is 6.65. The van der Waals surface area contributed by atoms with Crippen molar-refractivity contribution in [2.24, 2.45) is 5.92 Å². The molecule has 1 heteroatoms. The second-order valence-corrected chi connectivity index (χ2v) is 3.12. The first-order valence-corrected chi connectivity index (χ1v) is 4.86. The summed E-state index contributed by atoms with van der Waals surface area (Å²) >= 11 is 2.83. The van der Waals surface area contributed by atoms with Crippen molar-refractivity contribution in [2.75, 3.05) is 0 Å². The van der Waals surface area contributed by atoms with E-state index < -0.39 is 0 Å². The van der Waals surface area contributed by atoms with E-state index in [1.54, 1.807) is 0 Å². The van der Waals surface area contributed by atoms with Crippen LogP contribution in [0.4, 0.5) is 0 Å². The van der Waals surface area contributed by atoms with Crippen LogP contribution in [0.1, 0.15) is 39.5 Å². The topological polar surface area (TPSA) is 0 Å². The Balaban J connectivity index is 3.09. The van der Waals surface area contributed by atoms with Crippen LogP contribution in [-0.2, 0) is 0 Å². The van der Waals surface area contributed by atoms with Crippen LogP contribution in [0.25, 0.3) is 0 Å². The van der Waals surface area contributed by atoms with Gasteiger partial charge in [-0.05, 0) is 0 Å². The molecule has 0 N–H and O–H groups in total. The first kappa shape index (κ1) is 9.53. The maximum absolute atomic E-state index is 2.83. The van der Waals surface area contributed by atoms with Gasteiger partial charge in [0.05, 0.1) is 0 Å². The van der Waals surface area contributed by atoms with E-state index in [2.05, 4.69) is 30.1 Å². The van der Waals surface area contributed by atoms with Crippen LogP contribution in [0.2, 0.25) is 5.28 Å². The molecule has 0 aliphatic heterocycles. The predicted molar refractivity (Wildman–Crippen MR) is 43.9 cm³/mol. The van der Waals surface area contributed by atoms with Crippen molar-refractivity contribution >= 4 is 16.3 Å². The third-order valence-electron chi connectivity index (χ3n) is 1.88. The summed E-state index contributed by atoms with van der Waals surface area (Å²) in [4.78, 5) is 0. The van der Waals surface area contributed by atoms with E-state index in [1.807, 2.05) is 0 Å². The molecule has 0 saturated carbocycles. The number of unbranched alkanes of at least 4 members (excludes halogenated alkanes) is 1. The molecule has 0 aromatic carbocycles. The van der Waals surface area contributed by atoms with Crippen molar-refractivity contribution in [1.29, 1.82) is 0 Å². The van der Waals surface area contributed by atoms with Gasteiger partial charge in [-0.15, -0.1) is 0 Å². The molecule has 0 radical (unpaired) electrons. The molecule has 0 fully saturated rings. The second-order valence-electron chi connectivity index (χ2n) is 2.65. The van der Waals surface area contributed by atoms with Gasteiger partial charge < -0.3 is 0 Å². The van der Waals surface area contributed by atoms with E-state index in [0.29, 0.717) is 0 Å². The van der Waals surface area contributed by atoms with Gasteiger partial charge in [-0.1, -0.05) is 0 Å². The summed E-state index contributed by atoms with van der Waals surface area (Å²) in [5.41, 5.74) is 0. The van der Waals surface area contributed by atoms with Crippen LogP contribution in [0.3, 0.4) is 0 Å². The van der Waals surface area contributed by atoms with Crippen molar-refractivity contribution in [3.8, 4) is 0 Å². The summed E-state index contributed by atoms with van der Waals surface area (Å²) in [6.07, 6.45) is 5.54. The van der Waals surface area contributed by atoms with Crippen LogP contribution >= 0.6 is 0 Å². The molecule has 0 rings (SSSR count). The zero-order valence-electron chi connectivity index (χ0n) is 6.69. The van der Waals surface area contributed by atoms with E-state index >= 15 is 0 Å². The van der Waals surface area contributed by atoms with Crippen molar-refractivity contribution in [1.82, 2.24) is 0 Å². The van der Waals surface area contributed by atoms with Gasteiger partial charge in [0.25, 0.3) is 0 Å². The Labute approximate surface area is 67.5 Å². The first-order valence-electron chi connectivity index (χ1n) is 4.05. The van der Waals surface area contributed by atoms with Crippen LogP contribution in [0.15, 0.2) is 0 Å². The van der Waals surface area contributed by atoms with Crippen molar-refractivity contribution in [2.45, 2.75) is 44.8 Å². The fourth-order valence-electron chi connectivity index (χ4n) is 0.981. The zero-order chi connectivity index (χ0) is 7.11. The third kappa shape index (κ3) is 5.00. The molecule has 0 saturated heterocycles. The summed E-state index contributed by atoms with van der Waals surface area (Å²) in [6, 6.07) is 0. The van der Waals surface area contributed by atoms with Crippen molar-refractivity contribution in [3.05, 3.63) is 0 Å². The fourth-order valence-corrected chi connectivity index (χ4v) is 1.55. The monoisotopic (exact) mass is 140 g/mol. The van der Waals surface area contributed by atoms with Crippen molar-refractivity contribution in [3.63, 3.8) is 0 Å². The molecule has 0 spiro atoms. The zero-order valence-corrected chi connectivity index (χ0v) is 7.84. The Morgan fingerprint density at radius 3 is 2.33 bits per heavy atom. The van der Waals surface area contributed by atoms with E-state index in [-0.39, 0.29) is 0 Å². The minimum atomic E-state index is 0.968. The molecule has 0 heterocycles. The van der Waals surface area contributed by atoms with Crippen LogP contribution < -0.4 is 0 Å². The van der Waals surface area contributed by atoms with Gasteiger partial charge in [0.2, 0.25) is 0 Å². The SMILES string of the molecule is CCCCC(CC)[CH2][Al+2]. The van der Waals surface area contributed by atoms with Crippen LogP contribution in [0, 0.1) is 5.92 Å². The molecule has 0 amide bonds. The third-order valence-corrected chi connectivity index (χ3v) is 2.54. The summed E-state index contributed by atoms with van der Waals surface area (Å²) < 4.78 is 0. The quantitative estimate of drug-likeness (QED) is 0.515. The van der Waals surface area contributed by atoms with E-state index in [4.69, 9.17) is 0 Å². The Morgan fingerprint density at radius 2 is 2.00 bits per heavy atom. The molecular weight excluding hydrogens is 123 g/mol. The normalized spacial score (nSPS) is 13.8. The maximum atomic E-state index is 2.83. The summed E-state index contributed by atoms with van der Waals surface area (Å²) in [7, 11) is 0. The van der Waals surface area contributed by atoms with Crippen LogP contribution in [0.5, 0.6) is 0 Å². The van der Waals surface area contributed by atoms with E-state index in [1.165, 1.54) is 31.0 Å². The molecule has 0 bridgehead atoms. The number of hydrogen-bond donors (Lipinski definition) is 0. The van der Waals surface area contributed by atoms with Gasteiger partial charge in [-0.25, -0.2) is 0 Å². The fraction of sp³-hybridized carbons (Fsp3) is 1.00. The van der Waals surface area contributed by atoms with Gasteiger partial charge in [0, 0.05) is 0 Å². The first-order chi connectivity index (χ1) is 4.35. The predicted octanol–water partition coefficient (Wildman–Crippen LogP) is 2.79. The minimum absolute atomic E-state index is 0.968. The van der Waals surface area contributed by atoms with Gasteiger partial charge in [0.15, 0.2) is 0 Å². The molecular formula is C8H17Al+2. The molecule has 50 valence electrons. The molecule has 0 aromatic rings. The Morgan fingerprint density at radius 1 is 1.33 bits per heavy atom. The molecule has 0 nitrogen and oxygen atoms in total. The molecule has 0 aromatic heterocycles. The summed E-state index contributed by atoms with van der Waals surface area (Å²) in [5, 5.41) is 1.29. The van der Waals surface area contributed by atoms with Crippen LogP contribution in [-0.4, -0.2) is 16.3 Å². The van der Waals surface area contributed by atoms with Gasteiger partial charge in [-0.2, -0.15) is 0 Å². The Hall–Kier alpha value is 0.532. The van der Waals surface area contributed by atoms with E-state index in [0.717, 1.165) is 5.92 Å². The van der Waals surface area contributed by atoms with Crippen molar-refractivity contribution < 1.29 is 0 Å². The molecule has 1 unspecified atom stereocenters. The summed E-state index contributed by atoms with van der Waals surface area (Å²) in [6.45, 7) is 4.54. The Kier molecular flexibility index (Phi) is 7.04. The average molecular weight is 140 g/mol. The van der Waals surface area contributed by atoms with E-state index in [9.17, 15) is 0 Å². The number of hydrogen-bond acceptors (Lipinski definition) is 0. The molecule has 0 aliphatic rings. The molecule has 9 heavy (non-hydrogen) atoms. The molecule has 1 atom stereocenters. The van der Waals surface area contributed by atoms with Gasteiger partial charge in [-0.3, -0.25) is 0 Å². The average Bonchev–Trinajstić information content (AvgIpc) is 1.91.